The van der Waals surface area contributed by atoms with Crippen molar-refractivity contribution in [2.45, 2.75) is 13.8 Å². The summed E-state index contributed by atoms with van der Waals surface area (Å²) in [6, 6.07) is 0. The molecule has 0 atom stereocenters. The van der Waals surface area contributed by atoms with Gasteiger partial charge in [-0.15, -0.1) is 0 Å². The standard InChI is InChI=1S/C5H8O.C2H4O/c1-5(2)3-4-6;1-2-3-1/h5-6H,1-2H3;1-2H2. The third-order valence-corrected chi connectivity index (χ3v) is 0.557. The molecule has 0 amide bonds. The fraction of sp³-hybridized carbons (Fsp3) is 0.714. The lowest BCUT2D eigenvalue weighted by molar-refractivity contribution is 0.475. The highest BCUT2D eigenvalue weighted by atomic mass is 16.6. The molecule has 1 N–H and O–H groups in total. The third-order valence-electron chi connectivity index (χ3n) is 0.557. The first kappa shape index (κ1) is 8.32. The van der Waals surface area contributed by atoms with Crippen molar-refractivity contribution in [1.82, 2.24) is 0 Å². The minimum absolute atomic E-state index is 0.287. The maximum atomic E-state index is 7.88. The molecule has 0 aromatic heterocycles. The van der Waals surface area contributed by atoms with Crippen LogP contribution in [-0.2, 0) is 4.74 Å². The van der Waals surface area contributed by atoms with Crippen molar-refractivity contribution in [3.05, 3.63) is 0 Å². The molecule has 1 fully saturated rings. The Morgan fingerprint density at radius 2 is 1.89 bits per heavy atom. The van der Waals surface area contributed by atoms with Crippen molar-refractivity contribution >= 4 is 0 Å². The molecule has 1 rings (SSSR count). The second kappa shape index (κ2) is 5.46. The van der Waals surface area contributed by atoms with Crippen LogP contribution in [0.2, 0.25) is 0 Å². The average Bonchev–Trinajstić information content (AvgIpc) is 2.45. The highest BCUT2D eigenvalue weighted by Gasteiger charge is 1.94. The van der Waals surface area contributed by atoms with Crippen LogP contribution in [0.3, 0.4) is 0 Å². The summed E-state index contributed by atoms with van der Waals surface area (Å²) in [5.74, 6) is 2.80. The molecule has 0 spiro atoms. The van der Waals surface area contributed by atoms with Crippen LogP contribution in [-0.4, -0.2) is 18.3 Å². The Morgan fingerprint density at radius 1 is 1.44 bits per heavy atom. The van der Waals surface area contributed by atoms with Gasteiger partial charge in [-0.25, -0.2) is 0 Å². The molecule has 2 nitrogen and oxygen atoms in total. The van der Waals surface area contributed by atoms with Gasteiger partial charge in [-0.2, -0.15) is 0 Å². The highest BCUT2D eigenvalue weighted by Crippen LogP contribution is 1.84. The van der Waals surface area contributed by atoms with Crippen molar-refractivity contribution in [3.8, 4) is 12.0 Å². The van der Waals surface area contributed by atoms with Crippen molar-refractivity contribution in [3.63, 3.8) is 0 Å². The molecule has 0 aromatic carbocycles. The minimum Gasteiger partial charge on any atom is -0.462 e. The number of hydrogen-bond donors (Lipinski definition) is 1. The predicted octanol–water partition coefficient (Wildman–Crippen LogP) is 0.992. The molecule has 0 aromatic rings. The fourth-order valence-electron chi connectivity index (χ4n) is 0.129. The first-order valence-electron chi connectivity index (χ1n) is 2.99. The minimum atomic E-state index is 0.287. The predicted molar refractivity (Wildman–Crippen MR) is 35.4 cm³/mol. The number of rotatable bonds is 0. The molecule has 1 aliphatic heterocycles. The van der Waals surface area contributed by atoms with E-state index in [9.17, 15) is 0 Å². The van der Waals surface area contributed by atoms with Crippen molar-refractivity contribution in [2.24, 2.45) is 5.92 Å². The van der Waals surface area contributed by atoms with Crippen LogP contribution in [0.15, 0.2) is 0 Å². The number of epoxide rings is 1. The molecule has 1 aliphatic rings. The summed E-state index contributed by atoms with van der Waals surface area (Å²) in [4.78, 5) is 0. The van der Waals surface area contributed by atoms with Crippen LogP contribution < -0.4 is 0 Å². The summed E-state index contributed by atoms with van der Waals surface area (Å²) >= 11 is 0. The number of hydrogen-bond acceptors (Lipinski definition) is 2. The molecule has 9 heavy (non-hydrogen) atoms. The van der Waals surface area contributed by atoms with E-state index in [0.29, 0.717) is 0 Å². The van der Waals surface area contributed by atoms with Crippen LogP contribution >= 0.6 is 0 Å². The van der Waals surface area contributed by atoms with Crippen molar-refractivity contribution in [2.75, 3.05) is 13.2 Å². The third kappa shape index (κ3) is 18.8. The number of aliphatic hydroxyl groups excluding tert-OH is 1. The first-order chi connectivity index (χ1) is 4.27. The Morgan fingerprint density at radius 3 is 1.89 bits per heavy atom. The number of aliphatic hydroxyl groups is 1. The quantitative estimate of drug-likeness (QED) is 0.390. The summed E-state index contributed by atoms with van der Waals surface area (Å²) < 4.78 is 4.50. The van der Waals surface area contributed by atoms with Crippen molar-refractivity contribution in [1.29, 1.82) is 0 Å². The van der Waals surface area contributed by atoms with Gasteiger partial charge in [-0.05, 0) is 0 Å². The molecule has 1 heterocycles. The van der Waals surface area contributed by atoms with E-state index >= 15 is 0 Å². The molecule has 0 radical (unpaired) electrons. The number of ether oxygens (including phenoxy) is 1. The summed E-state index contributed by atoms with van der Waals surface area (Å²) in [6.45, 7) is 5.84. The zero-order chi connectivity index (χ0) is 7.11. The smallest absolute Gasteiger partial charge is 0.107 e. The summed E-state index contributed by atoms with van der Waals surface area (Å²) in [5, 5.41) is 7.88. The Balaban J connectivity index is 0.000000173. The van der Waals surface area contributed by atoms with E-state index in [1.807, 2.05) is 20.0 Å². The lowest BCUT2D eigenvalue weighted by Gasteiger charge is -1.80. The molecule has 0 bridgehead atoms. The largest absolute Gasteiger partial charge is 0.462 e. The Kier molecular flexibility index (Phi) is 5.04. The first-order valence-corrected chi connectivity index (χ1v) is 2.99. The van der Waals surface area contributed by atoms with E-state index in [1.54, 1.807) is 0 Å². The molecule has 0 aliphatic carbocycles. The van der Waals surface area contributed by atoms with Gasteiger partial charge in [0, 0.05) is 5.92 Å². The van der Waals surface area contributed by atoms with Gasteiger partial charge in [0.2, 0.25) is 0 Å². The molecule has 0 unspecified atom stereocenters. The van der Waals surface area contributed by atoms with Gasteiger partial charge in [-0.1, -0.05) is 19.8 Å². The molecule has 0 saturated carbocycles. The highest BCUT2D eigenvalue weighted by molar-refractivity contribution is 4.92. The second-order valence-electron chi connectivity index (χ2n) is 2.02. The Labute approximate surface area is 55.8 Å². The van der Waals surface area contributed by atoms with E-state index in [2.05, 4.69) is 10.7 Å². The van der Waals surface area contributed by atoms with Crippen LogP contribution in [0.25, 0.3) is 0 Å². The zero-order valence-corrected chi connectivity index (χ0v) is 5.85. The van der Waals surface area contributed by atoms with Gasteiger partial charge in [0.15, 0.2) is 0 Å². The van der Waals surface area contributed by atoms with Crippen LogP contribution in [0.1, 0.15) is 13.8 Å². The van der Waals surface area contributed by atoms with Gasteiger partial charge in [-0.3, -0.25) is 0 Å². The fourth-order valence-corrected chi connectivity index (χ4v) is 0.129. The molecule has 1 saturated heterocycles. The SMILES string of the molecule is C1CO1.CC(C)C#CO. The van der Waals surface area contributed by atoms with Gasteiger partial charge < -0.3 is 9.84 Å². The van der Waals surface area contributed by atoms with Gasteiger partial charge in [0.25, 0.3) is 0 Å². The monoisotopic (exact) mass is 128 g/mol. The summed E-state index contributed by atoms with van der Waals surface area (Å²) in [6.07, 6.45) is 1.82. The van der Waals surface area contributed by atoms with E-state index < -0.39 is 0 Å². The van der Waals surface area contributed by atoms with E-state index in [4.69, 9.17) is 5.11 Å². The molecule has 52 valence electrons. The molecular formula is C7H12O2. The maximum absolute atomic E-state index is 7.88. The maximum Gasteiger partial charge on any atom is 0.107 e. The lowest BCUT2D eigenvalue weighted by Crippen LogP contribution is -1.75. The van der Waals surface area contributed by atoms with Crippen molar-refractivity contribution < 1.29 is 9.84 Å². The van der Waals surface area contributed by atoms with Gasteiger partial charge >= 0.3 is 0 Å². The van der Waals surface area contributed by atoms with E-state index in [-0.39, 0.29) is 5.92 Å². The Bertz CT molecular complexity index is 103. The summed E-state index contributed by atoms with van der Waals surface area (Å²) in [7, 11) is 0. The zero-order valence-electron chi connectivity index (χ0n) is 5.85. The van der Waals surface area contributed by atoms with Gasteiger partial charge in [0.1, 0.15) is 6.11 Å². The average molecular weight is 128 g/mol. The summed E-state index contributed by atoms with van der Waals surface area (Å²) in [5.41, 5.74) is 0. The van der Waals surface area contributed by atoms with E-state index in [0.717, 1.165) is 13.2 Å². The molecule has 2 heteroatoms. The lowest BCUT2D eigenvalue weighted by atomic mass is 10.2. The topological polar surface area (TPSA) is 32.8 Å². The Hall–Kier alpha value is -0.680. The molecular weight excluding hydrogens is 116 g/mol. The van der Waals surface area contributed by atoms with Crippen LogP contribution in [0.5, 0.6) is 0 Å². The second-order valence-corrected chi connectivity index (χ2v) is 2.02. The normalized spacial score (nSPS) is 12.8. The van der Waals surface area contributed by atoms with Crippen LogP contribution in [0.4, 0.5) is 0 Å². The van der Waals surface area contributed by atoms with Crippen LogP contribution in [0, 0.1) is 17.9 Å². The van der Waals surface area contributed by atoms with E-state index in [1.165, 1.54) is 0 Å². The van der Waals surface area contributed by atoms with Gasteiger partial charge in [0.05, 0.1) is 13.2 Å².